The molecule has 0 bridgehead atoms. The fourth-order valence-electron chi connectivity index (χ4n) is 1.59. The molecule has 0 saturated heterocycles. The highest BCUT2D eigenvalue weighted by molar-refractivity contribution is 4.97. The maximum Gasteiger partial charge on any atom is 0.158 e. The van der Waals surface area contributed by atoms with Gasteiger partial charge in [-0.15, -0.1) is 0 Å². The smallest absolute Gasteiger partial charge is 0.158 e. The van der Waals surface area contributed by atoms with E-state index in [4.69, 9.17) is 18.3 Å². The summed E-state index contributed by atoms with van der Waals surface area (Å²) >= 11 is 0. The number of ether oxygens (including phenoxy) is 2. The average molecular weight is 250 g/mol. The van der Waals surface area contributed by atoms with Crippen molar-refractivity contribution in [2.45, 2.75) is 39.3 Å². The SMILES string of the molecule is CCCC(OCc1ccco1)OCc1ccco1. The molecule has 0 amide bonds. The molecule has 4 heteroatoms. The van der Waals surface area contributed by atoms with Gasteiger partial charge in [-0.25, -0.2) is 0 Å². The number of rotatable bonds is 8. The van der Waals surface area contributed by atoms with Gasteiger partial charge in [0.2, 0.25) is 0 Å². The van der Waals surface area contributed by atoms with Crippen molar-refractivity contribution >= 4 is 0 Å². The Bertz CT molecular complexity index is 367. The lowest BCUT2D eigenvalue weighted by molar-refractivity contribution is -0.165. The fraction of sp³-hybridized carbons (Fsp3) is 0.429. The van der Waals surface area contributed by atoms with Gasteiger partial charge in [0.05, 0.1) is 12.5 Å². The number of furan rings is 2. The van der Waals surface area contributed by atoms with Gasteiger partial charge in [0.15, 0.2) is 6.29 Å². The Morgan fingerprint density at radius 2 is 1.56 bits per heavy atom. The second kappa shape index (κ2) is 7.03. The van der Waals surface area contributed by atoms with Crippen molar-refractivity contribution in [2.75, 3.05) is 0 Å². The molecule has 0 aliphatic rings. The van der Waals surface area contributed by atoms with Crippen LogP contribution >= 0.6 is 0 Å². The van der Waals surface area contributed by atoms with Gasteiger partial charge in [-0.05, 0) is 30.7 Å². The molecule has 0 spiro atoms. The van der Waals surface area contributed by atoms with Crippen molar-refractivity contribution in [2.24, 2.45) is 0 Å². The highest BCUT2D eigenvalue weighted by atomic mass is 16.7. The van der Waals surface area contributed by atoms with Crippen molar-refractivity contribution in [1.29, 1.82) is 0 Å². The van der Waals surface area contributed by atoms with E-state index in [1.807, 2.05) is 24.3 Å². The molecule has 0 atom stereocenters. The van der Waals surface area contributed by atoms with Crippen molar-refractivity contribution in [3.05, 3.63) is 48.3 Å². The standard InChI is InChI=1S/C14H18O4/c1-2-5-14(17-10-12-6-3-8-15-12)18-11-13-7-4-9-16-13/h3-4,6-9,14H,2,5,10-11H2,1H3. The first-order chi connectivity index (χ1) is 8.88. The third-order valence-corrected chi connectivity index (χ3v) is 2.51. The van der Waals surface area contributed by atoms with E-state index in [1.54, 1.807) is 12.5 Å². The minimum Gasteiger partial charge on any atom is -0.467 e. The van der Waals surface area contributed by atoms with E-state index in [9.17, 15) is 0 Å². The van der Waals surface area contributed by atoms with Crippen molar-refractivity contribution in [3.63, 3.8) is 0 Å². The maximum atomic E-state index is 5.67. The zero-order valence-electron chi connectivity index (χ0n) is 10.5. The highest BCUT2D eigenvalue weighted by Crippen LogP contribution is 2.12. The first-order valence-electron chi connectivity index (χ1n) is 6.16. The third kappa shape index (κ3) is 4.05. The molecule has 4 nitrogen and oxygen atoms in total. The minimum absolute atomic E-state index is 0.231. The first-order valence-corrected chi connectivity index (χ1v) is 6.16. The Balaban J connectivity index is 1.76. The molecule has 0 N–H and O–H groups in total. The van der Waals surface area contributed by atoms with Crippen LogP contribution in [-0.2, 0) is 22.7 Å². The van der Waals surface area contributed by atoms with E-state index in [0.717, 1.165) is 24.4 Å². The summed E-state index contributed by atoms with van der Waals surface area (Å²) < 4.78 is 21.8. The maximum absolute atomic E-state index is 5.67. The molecule has 0 radical (unpaired) electrons. The molecule has 2 aromatic rings. The summed E-state index contributed by atoms with van der Waals surface area (Å²) in [6.45, 7) is 2.95. The zero-order valence-corrected chi connectivity index (χ0v) is 10.5. The van der Waals surface area contributed by atoms with Crippen LogP contribution in [0.2, 0.25) is 0 Å². The summed E-state index contributed by atoms with van der Waals surface area (Å²) in [7, 11) is 0. The summed E-state index contributed by atoms with van der Waals surface area (Å²) in [5.41, 5.74) is 0. The van der Waals surface area contributed by atoms with E-state index in [2.05, 4.69) is 6.92 Å². The average Bonchev–Trinajstić information content (AvgIpc) is 3.05. The molecule has 0 aliphatic heterocycles. The Labute approximate surface area is 106 Å². The normalized spacial score (nSPS) is 11.2. The van der Waals surface area contributed by atoms with Gasteiger partial charge in [-0.1, -0.05) is 13.3 Å². The summed E-state index contributed by atoms with van der Waals surface area (Å²) in [5, 5.41) is 0. The van der Waals surface area contributed by atoms with E-state index in [1.165, 1.54) is 0 Å². The van der Waals surface area contributed by atoms with Gasteiger partial charge in [-0.2, -0.15) is 0 Å². The lowest BCUT2D eigenvalue weighted by Gasteiger charge is -2.16. The molecule has 0 saturated carbocycles. The van der Waals surface area contributed by atoms with Gasteiger partial charge in [0.1, 0.15) is 24.7 Å². The Hall–Kier alpha value is -1.52. The summed E-state index contributed by atoms with van der Waals surface area (Å²) in [5.74, 6) is 1.61. The highest BCUT2D eigenvalue weighted by Gasteiger charge is 2.10. The molecule has 2 aromatic heterocycles. The molecule has 98 valence electrons. The molecule has 2 rings (SSSR count). The van der Waals surface area contributed by atoms with Gasteiger partial charge in [-0.3, -0.25) is 0 Å². The lowest BCUT2D eigenvalue weighted by atomic mass is 10.3. The summed E-state index contributed by atoms with van der Waals surface area (Å²) in [6.07, 6.45) is 4.89. The predicted molar refractivity (Wildman–Crippen MR) is 65.7 cm³/mol. The summed E-state index contributed by atoms with van der Waals surface area (Å²) in [4.78, 5) is 0. The van der Waals surface area contributed by atoms with Crippen LogP contribution in [0.4, 0.5) is 0 Å². The van der Waals surface area contributed by atoms with Crippen LogP contribution < -0.4 is 0 Å². The van der Waals surface area contributed by atoms with Gasteiger partial charge >= 0.3 is 0 Å². The largest absolute Gasteiger partial charge is 0.467 e. The molecular weight excluding hydrogens is 232 g/mol. The van der Waals surface area contributed by atoms with Crippen molar-refractivity contribution in [1.82, 2.24) is 0 Å². The minimum atomic E-state index is -0.231. The first kappa shape index (κ1) is 12.9. The van der Waals surface area contributed by atoms with Crippen molar-refractivity contribution in [3.8, 4) is 0 Å². The molecule has 0 fully saturated rings. The Kier molecular flexibility index (Phi) is 5.05. The monoisotopic (exact) mass is 250 g/mol. The van der Waals surface area contributed by atoms with Crippen LogP contribution in [0, 0.1) is 0 Å². The van der Waals surface area contributed by atoms with E-state index in [0.29, 0.717) is 13.2 Å². The fourth-order valence-corrected chi connectivity index (χ4v) is 1.59. The number of hydrogen-bond acceptors (Lipinski definition) is 4. The van der Waals surface area contributed by atoms with Crippen LogP contribution in [-0.4, -0.2) is 6.29 Å². The van der Waals surface area contributed by atoms with Crippen LogP contribution in [0.25, 0.3) is 0 Å². The quantitative estimate of drug-likeness (QED) is 0.669. The molecule has 0 aromatic carbocycles. The third-order valence-electron chi connectivity index (χ3n) is 2.51. The van der Waals surface area contributed by atoms with Gasteiger partial charge in [0, 0.05) is 0 Å². The van der Waals surface area contributed by atoms with Crippen LogP contribution in [0.1, 0.15) is 31.3 Å². The zero-order chi connectivity index (χ0) is 12.6. The van der Waals surface area contributed by atoms with Gasteiger partial charge < -0.3 is 18.3 Å². The van der Waals surface area contributed by atoms with Crippen LogP contribution in [0.3, 0.4) is 0 Å². The molecule has 2 heterocycles. The second-order valence-corrected chi connectivity index (χ2v) is 4.00. The summed E-state index contributed by atoms with van der Waals surface area (Å²) in [6, 6.07) is 7.46. The topological polar surface area (TPSA) is 44.7 Å². The van der Waals surface area contributed by atoms with E-state index in [-0.39, 0.29) is 6.29 Å². The second-order valence-electron chi connectivity index (χ2n) is 4.00. The molecule has 0 unspecified atom stereocenters. The van der Waals surface area contributed by atoms with Gasteiger partial charge in [0.25, 0.3) is 0 Å². The molecular formula is C14H18O4. The van der Waals surface area contributed by atoms with Crippen LogP contribution in [0.5, 0.6) is 0 Å². The van der Waals surface area contributed by atoms with Crippen molar-refractivity contribution < 1.29 is 18.3 Å². The molecule has 0 aliphatic carbocycles. The Morgan fingerprint density at radius 3 is 1.94 bits per heavy atom. The Morgan fingerprint density at radius 1 is 1.00 bits per heavy atom. The van der Waals surface area contributed by atoms with Crippen LogP contribution in [0.15, 0.2) is 45.6 Å². The number of hydrogen-bond donors (Lipinski definition) is 0. The predicted octanol–water partition coefficient (Wildman–Crippen LogP) is 3.73. The molecule has 18 heavy (non-hydrogen) atoms. The van der Waals surface area contributed by atoms with E-state index >= 15 is 0 Å². The van der Waals surface area contributed by atoms with E-state index < -0.39 is 0 Å². The lowest BCUT2D eigenvalue weighted by Crippen LogP contribution is -2.16.